The summed E-state index contributed by atoms with van der Waals surface area (Å²) in [5, 5.41) is 4.21. The molecule has 0 aliphatic heterocycles. The van der Waals surface area contributed by atoms with Gasteiger partial charge in [-0.15, -0.1) is 11.3 Å². The van der Waals surface area contributed by atoms with Crippen LogP contribution in [0.1, 0.15) is 9.67 Å². The average Bonchev–Trinajstić information content (AvgIpc) is 3.01. The van der Waals surface area contributed by atoms with Gasteiger partial charge in [-0.25, -0.2) is 8.78 Å². The van der Waals surface area contributed by atoms with E-state index < -0.39 is 17.5 Å². The van der Waals surface area contributed by atoms with Gasteiger partial charge in [-0.1, -0.05) is 30.3 Å². The molecule has 0 atom stereocenters. The van der Waals surface area contributed by atoms with Crippen LogP contribution in [0.4, 0.5) is 14.5 Å². The summed E-state index contributed by atoms with van der Waals surface area (Å²) in [6.07, 6.45) is 0. The Hall–Kier alpha value is -2.53. The molecule has 5 heteroatoms. The first-order valence-corrected chi connectivity index (χ1v) is 7.42. The number of hydrogen-bond donors (Lipinski definition) is 1. The first kappa shape index (κ1) is 14.4. The SMILES string of the molecule is O=C(Nc1cc(F)ccc1F)c1sccc1-c1ccccc1. The van der Waals surface area contributed by atoms with Crippen molar-refractivity contribution in [3.8, 4) is 11.1 Å². The molecule has 0 saturated heterocycles. The van der Waals surface area contributed by atoms with E-state index in [4.69, 9.17) is 0 Å². The summed E-state index contributed by atoms with van der Waals surface area (Å²) < 4.78 is 26.8. The maximum absolute atomic E-state index is 13.6. The number of nitrogens with one attached hydrogen (secondary N) is 1. The molecule has 2 aromatic carbocycles. The van der Waals surface area contributed by atoms with Crippen molar-refractivity contribution in [2.24, 2.45) is 0 Å². The Morgan fingerprint density at radius 3 is 2.55 bits per heavy atom. The van der Waals surface area contributed by atoms with Gasteiger partial charge in [0.15, 0.2) is 0 Å². The molecule has 0 saturated carbocycles. The summed E-state index contributed by atoms with van der Waals surface area (Å²) in [5.74, 6) is -1.74. The minimum absolute atomic E-state index is 0.169. The van der Waals surface area contributed by atoms with Gasteiger partial charge in [0.2, 0.25) is 0 Å². The Kier molecular flexibility index (Phi) is 3.98. The number of hydrogen-bond acceptors (Lipinski definition) is 2. The molecule has 110 valence electrons. The summed E-state index contributed by atoms with van der Waals surface area (Å²) in [5.41, 5.74) is 1.49. The largest absolute Gasteiger partial charge is 0.319 e. The average molecular weight is 315 g/mol. The third kappa shape index (κ3) is 2.89. The Morgan fingerprint density at radius 1 is 1.00 bits per heavy atom. The molecule has 3 rings (SSSR count). The molecule has 0 aliphatic rings. The molecule has 2 nitrogen and oxygen atoms in total. The van der Waals surface area contributed by atoms with Gasteiger partial charge in [0, 0.05) is 11.6 Å². The number of thiophene rings is 1. The van der Waals surface area contributed by atoms with Gasteiger partial charge in [0.1, 0.15) is 11.6 Å². The van der Waals surface area contributed by atoms with Crippen molar-refractivity contribution in [3.63, 3.8) is 0 Å². The Bertz CT molecular complexity index is 815. The lowest BCUT2D eigenvalue weighted by molar-refractivity contribution is 0.103. The lowest BCUT2D eigenvalue weighted by Gasteiger charge is -2.07. The number of anilines is 1. The zero-order valence-electron chi connectivity index (χ0n) is 11.3. The lowest BCUT2D eigenvalue weighted by atomic mass is 10.1. The van der Waals surface area contributed by atoms with Crippen molar-refractivity contribution in [1.82, 2.24) is 0 Å². The van der Waals surface area contributed by atoms with E-state index in [-0.39, 0.29) is 5.69 Å². The normalized spacial score (nSPS) is 10.5. The van der Waals surface area contributed by atoms with Crippen LogP contribution in [0, 0.1) is 11.6 Å². The van der Waals surface area contributed by atoms with Gasteiger partial charge in [-0.05, 0) is 29.1 Å². The van der Waals surface area contributed by atoms with Crippen LogP contribution in [0.5, 0.6) is 0 Å². The zero-order valence-corrected chi connectivity index (χ0v) is 12.2. The summed E-state index contributed by atoms with van der Waals surface area (Å²) in [7, 11) is 0. The van der Waals surface area contributed by atoms with Crippen LogP contribution in [-0.2, 0) is 0 Å². The minimum atomic E-state index is -0.674. The molecule has 0 aliphatic carbocycles. The molecule has 1 heterocycles. The highest BCUT2D eigenvalue weighted by Crippen LogP contribution is 2.29. The standard InChI is InChI=1S/C17H11F2NOS/c18-12-6-7-14(19)15(10-12)20-17(21)16-13(8-9-22-16)11-4-2-1-3-5-11/h1-10H,(H,20,21). The predicted octanol–water partition coefficient (Wildman–Crippen LogP) is 4.95. The van der Waals surface area contributed by atoms with Crippen molar-refractivity contribution >= 4 is 22.9 Å². The summed E-state index contributed by atoms with van der Waals surface area (Å²) >= 11 is 1.25. The first-order valence-electron chi connectivity index (χ1n) is 6.54. The number of carbonyl (C=O) groups excluding carboxylic acids is 1. The van der Waals surface area contributed by atoms with Gasteiger partial charge in [-0.3, -0.25) is 4.79 Å². The highest BCUT2D eigenvalue weighted by Gasteiger charge is 2.16. The molecule has 0 fully saturated rings. The first-order chi connectivity index (χ1) is 10.6. The topological polar surface area (TPSA) is 29.1 Å². The molecule has 1 amide bonds. The van der Waals surface area contributed by atoms with Crippen LogP contribution in [0.2, 0.25) is 0 Å². The van der Waals surface area contributed by atoms with Crippen LogP contribution in [0.3, 0.4) is 0 Å². The lowest BCUT2D eigenvalue weighted by Crippen LogP contribution is -2.12. The Balaban J connectivity index is 1.91. The zero-order chi connectivity index (χ0) is 15.5. The molecule has 1 N–H and O–H groups in total. The molecule has 0 radical (unpaired) electrons. The van der Waals surface area contributed by atoms with Crippen molar-refractivity contribution in [2.45, 2.75) is 0 Å². The third-order valence-corrected chi connectivity index (χ3v) is 4.05. The van der Waals surface area contributed by atoms with Gasteiger partial charge in [-0.2, -0.15) is 0 Å². The number of benzene rings is 2. The fourth-order valence-electron chi connectivity index (χ4n) is 2.10. The van der Waals surface area contributed by atoms with E-state index in [2.05, 4.69) is 5.32 Å². The number of amides is 1. The van der Waals surface area contributed by atoms with Gasteiger partial charge in [0.25, 0.3) is 5.91 Å². The number of rotatable bonds is 3. The molecular weight excluding hydrogens is 304 g/mol. The van der Waals surface area contributed by atoms with E-state index in [0.29, 0.717) is 4.88 Å². The van der Waals surface area contributed by atoms with E-state index >= 15 is 0 Å². The third-order valence-electron chi connectivity index (χ3n) is 3.13. The fourth-order valence-corrected chi connectivity index (χ4v) is 2.91. The second kappa shape index (κ2) is 6.07. The smallest absolute Gasteiger partial charge is 0.266 e. The summed E-state index contributed by atoms with van der Waals surface area (Å²) in [4.78, 5) is 12.8. The Labute approximate surface area is 130 Å². The molecule has 3 aromatic rings. The quantitative estimate of drug-likeness (QED) is 0.728. The fraction of sp³-hybridized carbons (Fsp3) is 0. The van der Waals surface area contributed by atoms with Crippen molar-refractivity contribution in [1.29, 1.82) is 0 Å². The van der Waals surface area contributed by atoms with Crippen LogP contribution in [-0.4, -0.2) is 5.91 Å². The predicted molar refractivity (Wildman–Crippen MR) is 84.1 cm³/mol. The van der Waals surface area contributed by atoms with E-state index in [9.17, 15) is 13.6 Å². The highest BCUT2D eigenvalue weighted by atomic mass is 32.1. The van der Waals surface area contributed by atoms with Crippen molar-refractivity contribution in [2.75, 3.05) is 5.32 Å². The van der Waals surface area contributed by atoms with Crippen LogP contribution >= 0.6 is 11.3 Å². The van der Waals surface area contributed by atoms with Crippen LogP contribution < -0.4 is 5.32 Å². The second-order valence-electron chi connectivity index (χ2n) is 4.61. The summed E-state index contributed by atoms with van der Waals surface area (Å²) in [6.45, 7) is 0. The number of halogens is 2. The van der Waals surface area contributed by atoms with Crippen molar-refractivity contribution in [3.05, 3.63) is 76.5 Å². The minimum Gasteiger partial charge on any atom is -0.319 e. The maximum Gasteiger partial charge on any atom is 0.266 e. The van der Waals surface area contributed by atoms with Gasteiger partial charge < -0.3 is 5.32 Å². The molecule has 0 unspecified atom stereocenters. The van der Waals surface area contributed by atoms with E-state index in [0.717, 1.165) is 29.3 Å². The van der Waals surface area contributed by atoms with Crippen LogP contribution in [0.25, 0.3) is 11.1 Å². The van der Waals surface area contributed by atoms with Crippen LogP contribution in [0.15, 0.2) is 60.0 Å². The molecule has 0 spiro atoms. The highest BCUT2D eigenvalue weighted by molar-refractivity contribution is 7.12. The van der Waals surface area contributed by atoms with Gasteiger partial charge in [0.05, 0.1) is 10.6 Å². The molecule has 1 aromatic heterocycles. The van der Waals surface area contributed by atoms with E-state index in [1.54, 1.807) is 5.38 Å². The molecule has 0 bridgehead atoms. The Morgan fingerprint density at radius 2 is 1.77 bits per heavy atom. The maximum atomic E-state index is 13.6. The molecule has 22 heavy (non-hydrogen) atoms. The summed E-state index contributed by atoms with van der Waals surface area (Å²) in [6, 6.07) is 14.2. The number of carbonyl (C=O) groups is 1. The van der Waals surface area contributed by atoms with Crippen molar-refractivity contribution < 1.29 is 13.6 Å². The monoisotopic (exact) mass is 315 g/mol. The van der Waals surface area contributed by atoms with E-state index in [1.165, 1.54) is 11.3 Å². The van der Waals surface area contributed by atoms with E-state index in [1.807, 2.05) is 36.4 Å². The second-order valence-corrected chi connectivity index (χ2v) is 5.52. The molecular formula is C17H11F2NOS. The van der Waals surface area contributed by atoms with Gasteiger partial charge >= 0.3 is 0 Å².